The van der Waals surface area contributed by atoms with Crippen LogP contribution >= 0.6 is 11.6 Å². The number of rotatable bonds is 5. The molecule has 2 aromatic heterocycles. The summed E-state index contributed by atoms with van der Waals surface area (Å²) >= 11 is 6.25. The number of fused-ring (bicyclic) bond motifs is 1. The summed E-state index contributed by atoms with van der Waals surface area (Å²) in [6.07, 6.45) is 0.670. The number of anilines is 1. The van der Waals surface area contributed by atoms with Crippen molar-refractivity contribution in [1.82, 2.24) is 24.8 Å². The average molecular weight is 511 g/mol. The minimum atomic E-state index is -0.329. The van der Waals surface area contributed by atoms with Gasteiger partial charge in [-0.25, -0.2) is 19.3 Å². The molecular weight excluding hydrogens is 483 g/mol. The number of carbonyl (C=O) groups excluding carboxylic acids is 1. The molecule has 0 atom stereocenters. The fourth-order valence-electron chi connectivity index (χ4n) is 4.65. The van der Waals surface area contributed by atoms with Crippen LogP contribution in [-0.4, -0.2) is 70.5 Å². The van der Waals surface area contributed by atoms with Crippen LogP contribution in [0.25, 0.3) is 11.4 Å². The number of aromatic nitrogens is 3. The van der Waals surface area contributed by atoms with Crippen LogP contribution in [-0.2, 0) is 24.3 Å². The fraction of sp³-hybridized carbons (Fsp3) is 0.385. The molecule has 5 rings (SSSR count). The molecule has 0 unspecified atom stereocenters. The predicted molar refractivity (Wildman–Crippen MR) is 136 cm³/mol. The predicted octanol–water partition coefficient (Wildman–Crippen LogP) is 3.57. The second-order valence-electron chi connectivity index (χ2n) is 9.04. The highest BCUT2D eigenvalue weighted by Gasteiger charge is 2.28. The fourth-order valence-corrected chi connectivity index (χ4v) is 4.88. The van der Waals surface area contributed by atoms with Gasteiger partial charge in [-0.3, -0.25) is 9.69 Å². The van der Waals surface area contributed by atoms with E-state index in [9.17, 15) is 9.18 Å². The van der Waals surface area contributed by atoms with Crippen molar-refractivity contribution in [2.45, 2.75) is 26.4 Å². The van der Waals surface area contributed by atoms with Crippen molar-refractivity contribution in [2.75, 3.05) is 44.7 Å². The summed E-state index contributed by atoms with van der Waals surface area (Å²) < 4.78 is 18.8. The molecule has 0 spiro atoms. The molecule has 4 heterocycles. The van der Waals surface area contributed by atoms with Crippen LogP contribution in [0.5, 0.6) is 5.88 Å². The number of carbonyl (C=O) groups is 1. The number of ether oxygens (including phenoxy) is 1. The van der Waals surface area contributed by atoms with Gasteiger partial charge >= 0.3 is 0 Å². The van der Waals surface area contributed by atoms with Gasteiger partial charge in [-0.05, 0) is 23.8 Å². The Morgan fingerprint density at radius 1 is 1.06 bits per heavy atom. The topological polar surface area (TPSA) is 74.7 Å². The number of nitrogens with zero attached hydrogens (tertiary/aromatic N) is 6. The van der Waals surface area contributed by atoms with Gasteiger partial charge in [0.05, 0.1) is 30.7 Å². The molecule has 36 heavy (non-hydrogen) atoms. The Morgan fingerprint density at radius 3 is 2.58 bits per heavy atom. The normalized spacial score (nSPS) is 16.1. The molecule has 188 valence electrons. The summed E-state index contributed by atoms with van der Waals surface area (Å²) in [4.78, 5) is 33.0. The van der Waals surface area contributed by atoms with Crippen LogP contribution in [0.15, 0.2) is 36.4 Å². The Kier molecular flexibility index (Phi) is 7.02. The summed E-state index contributed by atoms with van der Waals surface area (Å²) in [6.45, 7) is 6.43. The number of methoxy groups -OCH3 is 1. The van der Waals surface area contributed by atoms with Gasteiger partial charge in [0.15, 0.2) is 5.82 Å². The van der Waals surface area contributed by atoms with E-state index in [1.807, 2.05) is 12.1 Å². The van der Waals surface area contributed by atoms with Gasteiger partial charge in [-0.1, -0.05) is 23.7 Å². The van der Waals surface area contributed by atoms with Crippen molar-refractivity contribution >= 4 is 23.3 Å². The lowest BCUT2D eigenvalue weighted by atomic mass is 10.1. The minimum absolute atomic E-state index is 0.0324. The second kappa shape index (κ2) is 10.4. The first-order valence-corrected chi connectivity index (χ1v) is 12.4. The van der Waals surface area contributed by atoms with Crippen molar-refractivity contribution < 1.29 is 13.9 Å². The molecule has 2 aliphatic heterocycles. The highest BCUT2D eigenvalue weighted by Crippen LogP contribution is 2.31. The Bertz CT molecular complexity index is 1280. The van der Waals surface area contributed by atoms with E-state index < -0.39 is 0 Å². The maximum absolute atomic E-state index is 13.4. The van der Waals surface area contributed by atoms with Gasteiger partial charge in [0.2, 0.25) is 11.8 Å². The van der Waals surface area contributed by atoms with Crippen LogP contribution in [0.4, 0.5) is 10.2 Å². The van der Waals surface area contributed by atoms with E-state index in [0.717, 1.165) is 48.9 Å². The van der Waals surface area contributed by atoms with E-state index in [0.29, 0.717) is 48.3 Å². The molecule has 0 bridgehead atoms. The van der Waals surface area contributed by atoms with Crippen molar-refractivity contribution in [1.29, 1.82) is 0 Å². The van der Waals surface area contributed by atoms with E-state index in [2.05, 4.69) is 14.8 Å². The molecular formula is C26H28ClFN6O2. The van der Waals surface area contributed by atoms with Crippen LogP contribution in [0.2, 0.25) is 5.02 Å². The standard InChI is InChI=1S/C26H28ClFN6O2/c1-17(35)34-9-8-21-23(16-34)30-25(22-4-3-5-24(29-22)36-2)26(31-21)33-12-10-32(11-13-33)15-18-6-7-19(28)14-20(18)27/h3-7,14H,8-13,15-16H2,1-2H3. The summed E-state index contributed by atoms with van der Waals surface area (Å²) in [5.41, 5.74) is 4.02. The zero-order chi connectivity index (χ0) is 25.2. The Balaban J connectivity index is 1.41. The lowest BCUT2D eigenvalue weighted by molar-refractivity contribution is -0.129. The van der Waals surface area contributed by atoms with E-state index in [-0.39, 0.29) is 11.7 Å². The smallest absolute Gasteiger partial charge is 0.219 e. The van der Waals surface area contributed by atoms with Crippen molar-refractivity contribution in [3.63, 3.8) is 0 Å². The maximum Gasteiger partial charge on any atom is 0.219 e. The van der Waals surface area contributed by atoms with Gasteiger partial charge in [-0.15, -0.1) is 0 Å². The van der Waals surface area contributed by atoms with E-state index in [1.165, 1.54) is 12.1 Å². The monoisotopic (exact) mass is 510 g/mol. The molecule has 0 saturated carbocycles. The SMILES string of the molecule is COc1cccc(-c2nc3c(nc2N2CCN(Cc4ccc(F)cc4Cl)CC2)CCN(C(C)=O)C3)n1. The third-order valence-corrected chi connectivity index (χ3v) is 7.05. The molecule has 0 N–H and O–H groups in total. The molecule has 2 aliphatic rings. The van der Waals surface area contributed by atoms with Crippen LogP contribution in [0, 0.1) is 5.82 Å². The average Bonchev–Trinajstić information content (AvgIpc) is 2.89. The third kappa shape index (κ3) is 5.12. The molecule has 10 heteroatoms. The quantitative estimate of drug-likeness (QED) is 0.519. The number of amides is 1. The van der Waals surface area contributed by atoms with E-state index >= 15 is 0 Å². The van der Waals surface area contributed by atoms with E-state index in [1.54, 1.807) is 31.1 Å². The van der Waals surface area contributed by atoms with Crippen LogP contribution in [0.3, 0.4) is 0 Å². The zero-order valence-electron chi connectivity index (χ0n) is 20.4. The molecule has 8 nitrogen and oxygen atoms in total. The Morgan fingerprint density at radius 2 is 1.86 bits per heavy atom. The number of hydrogen-bond donors (Lipinski definition) is 0. The number of pyridine rings is 1. The molecule has 3 aromatic rings. The van der Waals surface area contributed by atoms with Crippen molar-refractivity contribution in [3.8, 4) is 17.3 Å². The Labute approximate surface area is 214 Å². The molecule has 1 saturated heterocycles. The zero-order valence-corrected chi connectivity index (χ0v) is 21.1. The summed E-state index contributed by atoms with van der Waals surface area (Å²) in [6, 6.07) is 10.1. The van der Waals surface area contributed by atoms with Gasteiger partial charge < -0.3 is 14.5 Å². The number of hydrogen-bond acceptors (Lipinski definition) is 7. The number of halogens is 2. The molecule has 1 amide bonds. The third-order valence-electron chi connectivity index (χ3n) is 6.69. The highest BCUT2D eigenvalue weighted by atomic mass is 35.5. The lowest BCUT2D eigenvalue weighted by Gasteiger charge is -2.37. The Hall–Kier alpha value is -3.30. The lowest BCUT2D eigenvalue weighted by Crippen LogP contribution is -2.46. The number of piperazine rings is 1. The summed E-state index contributed by atoms with van der Waals surface area (Å²) in [5, 5.41) is 0.448. The van der Waals surface area contributed by atoms with Gasteiger partial charge in [0, 0.05) is 63.7 Å². The molecule has 1 aromatic carbocycles. The summed E-state index contributed by atoms with van der Waals surface area (Å²) in [5.74, 6) is 1.00. The van der Waals surface area contributed by atoms with Crippen LogP contribution < -0.4 is 9.64 Å². The summed E-state index contributed by atoms with van der Waals surface area (Å²) in [7, 11) is 1.59. The first-order valence-electron chi connectivity index (χ1n) is 12.0. The maximum atomic E-state index is 13.4. The van der Waals surface area contributed by atoms with Crippen LogP contribution in [0.1, 0.15) is 23.9 Å². The number of benzene rings is 1. The second-order valence-corrected chi connectivity index (χ2v) is 9.45. The van der Waals surface area contributed by atoms with E-state index in [4.69, 9.17) is 26.3 Å². The highest BCUT2D eigenvalue weighted by molar-refractivity contribution is 6.31. The molecule has 0 radical (unpaired) electrons. The van der Waals surface area contributed by atoms with Gasteiger partial charge in [-0.2, -0.15) is 0 Å². The largest absolute Gasteiger partial charge is 0.481 e. The van der Waals surface area contributed by atoms with Gasteiger partial charge in [0.1, 0.15) is 11.5 Å². The minimum Gasteiger partial charge on any atom is -0.481 e. The van der Waals surface area contributed by atoms with Crippen molar-refractivity contribution in [2.24, 2.45) is 0 Å². The molecule has 1 fully saturated rings. The first kappa shape index (κ1) is 24.4. The van der Waals surface area contributed by atoms with Crippen molar-refractivity contribution in [3.05, 3.63) is 64.2 Å². The first-order chi connectivity index (χ1) is 17.4. The van der Waals surface area contributed by atoms with Gasteiger partial charge in [0.25, 0.3) is 0 Å². The molecule has 0 aliphatic carbocycles.